The number of amides is 2. The van der Waals surface area contributed by atoms with Gasteiger partial charge >= 0.3 is 6.03 Å². The van der Waals surface area contributed by atoms with Crippen molar-refractivity contribution >= 4 is 33.3 Å². The van der Waals surface area contributed by atoms with Gasteiger partial charge in [0.15, 0.2) is 0 Å². The van der Waals surface area contributed by atoms with E-state index in [1.165, 1.54) is 0 Å². The smallest absolute Gasteiger partial charge is 0.319 e. The molecule has 0 aliphatic rings. The number of rotatable bonds is 7. The van der Waals surface area contributed by atoms with Crippen LogP contribution in [0, 0.1) is 0 Å². The summed E-state index contributed by atoms with van der Waals surface area (Å²) < 4.78 is 1.10. The first-order chi connectivity index (χ1) is 11.4. The summed E-state index contributed by atoms with van der Waals surface area (Å²) >= 11 is 1.68. The van der Waals surface area contributed by atoms with Gasteiger partial charge in [-0.05, 0) is 38.6 Å². The first-order valence-electron chi connectivity index (χ1n) is 8.56. The Kier molecular flexibility index (Phi) is 6.57. The molecule has 2 N–H and O–H groups in total. The Morgan fingerprint density at radius 3 is 2.75 bits per heavy atom. The fourth-order valence-corrected chi connectivity index (χ4v) is 3.33. The van der Waals surface area contributed by atoms with Gasteiger partial charge in [-0.1, -0.05) is 20.8 Å². The van der Waals surface area contributed by atoms with Crippen LogP contribution < -0.4 is 10.6 Å². The summed E-state index contributed by atoms with van der Waals surface area (Å²) in [5, 5.41) is 6.93. The first kappa shape index (κ1) is 18.7. The molecule has 0 saturated carbocycles. The minimum Gasteiger partial charge on any atom is -0.337 e. The van der Waals surface area contributed by atoms with Crippen molar-refractivity contribution in [2.45, 2.75) is 46.1 Å². The number of anilines is 1. The van der Waals surface area contributed by atoms with Crippen LogP contribution in [-0.2, 0) is 0 Å². The second-order valence-corrected chi connectivity index (χ2v) is 7.57. The van der Waals surface area contributed by atoms with Crippen LogP contribution in [0.4, 0.5) is 10.5 Å². The molecule has 1 unspecified atom stereocenters. The maximum Gasteiger partial charge on any atom is 0.319 e. The number of thiazole rings is 1. The van der Waals surface area contributed by atoms with Gasteiger partial charge in [-0.15, -0.1) is 11.3 Å². The molecule has 132 valence electrons. The van der Waals surface area contributed by atoms with Crippen molar-refractivity contribution < 1.29 is 4.79 Å². The van der Waals surface area contributed by atoms with Crippen LogP contribution in [0.3, 0.4) is 0 Å². The lowest BCUT2D eigenvalue weighted by atomic mass is 10.2. The molecule has 0 radical (unpaired) electrons. The van der Waals surface area contributed by atoms with E-state index < -0.39 is 0 Å². The van der Waals surface area contributed by atoms with E-state index >= 15 is 0 Å². The van der Waals surface area contributed by atoms with Gasteiger partial charge in [0.05, 0.1) is 15.2 Å². The third kappa shape index (κ3) is 4.92. The Morgan fingerprint density at radius 2 is 2.08 bits per heavy atom. The molecule has 5 nitrogen and oxygen atoms in total. The molecule has 0 bridgehead atoms. The van der Waals surface area contributed by atoms with Gasteiger partial charge in [-0.25, -0.2) is 9.78 Å². The highest BCUT2D eigenvalue weighted by Crippen LogP contribution is 2.29. The second-order valence-electron chi connectivity index (χ2n) is 6.51. The number of carbonyl (C=O) groups excluding carboxylic acids is 1. The quantitative estimate of drug-likeness (QED) is 0.785. The maximum absolute atomic E-state index is 12.0. The monoisotopic (exact) mass is 348 g/mol. The largest absolute Gasteiger partial charge is 0.337 e. The molecule has 6 heteroatoms. The normalized spacial score (nSPS) is 12.8. The molecule has 24 heavy (non-hydrogen) atoms. The average Bonchev–Trinajstić information content (AvgIpc) is 2.97. The van der Waals surface area contributed by atoms with E-state index in [2.05, 4.69) is 55.3 Å². The number of likely N-dealkylation sites (N-methyl/N-ethyl adjacent to an activating group) is 1. The number of nitrogens with zero attached hydrogens (tertiary/aromatic N) is 2. The van der Waals surface area contributed by atoms with Gasteiger partial charge in [0.25, 0.3) is 0 Å². The van der Waals surface area contributed by atoms with E-state index in [0.717, 1.165) is 33.9 Å². The van der Waals surface area contributed by atoms with E-state index in [0.29, 0.717) is 18.5 Å². The minimum atomic E-state index is -0.166. The van der Waals surface area contributed by atoms with Crippen LogP contribution in [0.1, 0.15) is 45.0 Å². The topological polar surface area (TPSA) is 57.3 Å². The summed E-state index contributed by atoms with van der Waals surface area (Å²) in [7, 11) is 2.08. The number of hydrogen-bond acceptors (Lipinski definition) is 4. The zero-order chi connectivity index (χ0) is 17.7. The third-order valence-electron chi connectivity index (χ3n) is 4.25. The SMILES string of the molecule is CCC(C)N(C)CCNC(=O)Nc1ccc2nc(C(C)C)sc2c1. The zero-order valence-corrected chi connectivity index (χ0v) is 16.0. The fraction of sp³-hybridized carbons (Fsp3) is 0.556. The van der Waals surface area contributed by atoms with E-state index in [9.17, 15) is 4.79 Å². The molecule has 0 aliphatic heterocycles. The molecular formula is C18H28N4OS. The average molecular weight is 349 g/mol. The summed E-state index contributed by atoms with van der Waals surface area (Å²) in [4.78, 5) is 18.9. The molecule has 1 heterocycles. The van der Waals surface area contributed by atoms with Crippen molar-refractivity contribution in [3.8, 4) is 0 Å². The van der Waals surface area contributed by atoms with Crippen molar-refractivity contribution in [1.29, 1.82) is 0 Å². The number of carbonyl (C=O) groups is 1. The number of aromatic nitrogens is 1. The van der Waals surface area contributed by atoms with Crippen molar-refractivity contribution in [1.82, 2.24) is 15.2 Å². The maximum atomic E-state index is 12.0. The van der Waals surface area contributed by atoms with Gasteiger partial charge in [0.2, 0.25) is 0 Å². The number of urea groups is 1. The Bertz CT molecular complexity index is 683. The number of fused-ring (bicyclic) bond motifs is 1. The molecule has 2 rings (SSSR count). The van der Waals surface area contributed by atoms with Gasteiger partial charge in [-0.3, -0.25) is 0 Å². The molecule has 0 fully saturated rings. The standard InChI is InChI=1S/C18H28N4OS/c1-6-13(4)22(5)10-9-19-18(23)20-14-7-8-15-16(11-14)24-17(21-15)12(2)3/h7-8,11-13H,6,9-10H2,1-5H3,(H2,19,20,23). The van der Waals surface area contributed by atoms with Gasteiger partial charge < -0.3 is 15.5 Å². The van der Waals surface area contributed by atoms with E-state index in [4.69, 9.17) is 0 Å². The molecular weight excluding hydrogens is 320 g/mol. The highest BCUT2D eigenvalue weighted by atomic mass is 32.1. The fourth-order valence-electron chi connectivity index (χ4n) is 2.32. The zero-order valence-electron chi connectivity index (χ0n) is 15.2. The highest BCUT2D eigenvalue weighted by molar-refractivity contribution is 7.18. The number of nitrogens with one attached hydrogen (secondary N) is 2. The molecule has 2 aromatic rings. The molecule has 1 atom stereocenters. The molecule has 1 aromatic carbocycles. The van der Waals surface area contributed by atoms with Gasteiger partial charge in [-0.2, -0.15) is 0 Å². The Morgan fingerprint density at radius 1 is 1.33 bits per heavy atom. The minimum absolute atomic E-state index is 0.166. The van der Waals surface area contributed by atoms with E-state index in [1.54, 1.807) is 11.3 Å². The van der Waals surface area contributed by atoms with Crippen LogP contribution in [0.5, 0.6) is 0 Å². The third-order valence-corrected chi connectivity index (χ3v) is 5.57. The van der Waals surface area contributed by atoms with Crippen molar-refractivity contribution in [2.24, 2.45) is 0 Å². The van der Waals surface area contributed by atoms with Crippen molar-refractivity contribution in [3.05, 3.63) is 23.2 Å². The lowest BCUT2D eigenvalue weighted by Gasteiger charge is -2.23. The van der Waals surface area contributed by atoms with E-state index in [1.807, 2.05) is 18.2 Å². The number of benzene rings is 1. The van der Waals surface area contributed by atoms with Gasteiger partial charge in [0, 0.05) is 30.7 Å². The second kappa shape index (κ2) is 8.44. The Balaban J connectivity index is 1.88. The van der Waals surface area contributed by atoms with Crippen LogP contribution >= 0.6 is 11.3 Å². The van der Waals surface area contributed by atoms with E-state index in [-0.39, 0.29) is 6.03 Å². The molecule has 0 saturated heterocycles. The van der Waals surface area contributed by atoms with Crippen molar-refractivity contribution in [3.63, 3.8) is 0 Å². The van der Waals surface area contributed by atoms with Gasteiger partial charge in [0.1, 0.15) is 0 Å². The summed E-state index contributed by atoms with van der Waals surface area (Å²) in [6.45, 7) is 10.1. The van der Waals surface area contributed by atoms with Crippen LogP contribution in [0.25, 0.3) is 10.2 Å². The van der Waals surface area contributed by atoms with Crippen LogP contribution in [0.15, 0.2) is 18.2 Å². The molecule has 0 spiro atoms. The molecule has 0 aliphatic carbocycles. The van der Waals surface area contributed by atoms with Crippen molar-refractivity contribution in [2.75, 3.05) is 25.5 Å². The summed E-state index contributed by atoms with van der Waals surface area (Å²) in [6, 6.07) is 6.21. The lowest BCUT2D eigenvalue weighted by molar-refractivity contribution is 0.238. The number of hydrogen-bond donors (Lipinski definition) is 2. The Labute approximate surface area is 148 Å². The summed E-state index contributed by atoms with van der Waals surface area (Å²) in [5.74, 6) is 0.421. The van der Waals surface area contributed by atoms with Crippen LogP contribution in [0.2, 0.25) is 0 Å². The Hall–Kier alpha value is -1.66. The molecule has 1 aromatic heterocycles. The van der Waals surface area contributed by atoms with Crippen LogP contribution in [-0.4, -0.2) is 42.1 Å². The highest BCUT2D eigenvalue weighted by Gasteiger charge is 2.10. The summed E-state index contributed by atoms with van der Waals surface area (Å²) in [5.41, 5.74) is 1.79. The predicted molar refractivity (Wildman–Crippen MR) is 103 cm³/mol. The predicted octanol–water partition coefficient (Wildman–Crippen LogP) is 4.27. The molecule has 2 amide bonds. The lowest BCUT2D eigenvalue weighted by Crippen LogP contribution is -2.38. The first-order valence-corrected chi connectivity index (χ1v) is 9.38. The summed E-state index contributed by atoms with van der Waals surface area (Å²) in [6.07, 6.45) is 1.11.